The molecule has 1 aliphatic heterocycles. The van der Waals surface area contributed by atoms with Crippen molar-refractivity contribution in [3.8, 4) is 0 Å². The van der Waals surface area contributed by atoms with Crippen LogP contribution in [0.5, 0.6) is 0 Å². The van der Waals surface area contributed by atoms with Crippen molar-refractivity contribution in [2.45, 2.75) is 25.8 Å². The van der Waals surface area contributed by atoms with Crippen LogP contribution in [0.3, 0.4) is 0 Å². The summed E-state index contributed by atoms with van der Waals surface area (Å²) >= 11 is 0. The third-order valence-electron chi connectivity index (χ3n) is 3.52. The Balaban J connectivity index is 2.34. The van der Waals surface area contributed by atoms with E-state index in [1.165, 1.54) is 0 Å². The van der Waals surface area contributed by atoms with E-state index < -0.39 is 22.2 Å². The Hall–Kier alpha value is -1.76. The van der Waals surface area contributed by atoms with Crippen LogP contribution in [0.4, 0.5) is 20.2 Å². The minimum atomic E-state index is -1.14. The summed E-state index contributed by atoms with van der Waals surface area (Å²) in [6, 6.07) is 1.77. The molecule has 0 saturated carbocycles. The number of anilines is 1. The predicted octanol–water partition coefficient (Wildman–Crippen LogP) is 2.45. The van der Waals surface area contributed by atoms with E-state index in [4.69, 9.17) is 0 Å². The molecule has 1 heterocycles. The molecule has 5 nitrogen and oxygen atoms in total. The van der Waals surface area contributed by atoms with Crippen LogP contribution < -0.4 is 10.2 Å². The number of benzene rings is 1. The number of nitrogens with zero attached hydrogens (tertiary/aromatic N) is 2. The summed E-state index contributed by atoms with van der Waals surface area (Å²) in [4.78, 5) is 11.9. The lowest BCUT2D eigenvalue weighted by Gasteiger charge is -2.26. The number of hydrogen-bond acceptors (Lipinski definition) is 4. The number of nitro benzene ring substituents is 1. The van der Waals surface area contributed by atoms with Gasteiger partial charge in [-0.3, -0.25) is 10.1 Å². The zero-order chi connectivity index (χ0) is 14.7. The third kappa shape index (κ3) is 3.04. The lowest BCUT2D eigenvalue weighted by molar-refractivity contribution is -0.386. The molecule has 20 heavy (non-hydrogen) atoms. The Morgan fingerprint density at radius 2 is 2.25 bits per heavy atom. The number of halogens is 2. The Morgan fingerprint density at radius 1 is 1.50 bits per heavy atom. The highest BCUT2D eigenvalue weighted by Crippen LogP contribution is 2.32. The van der Waals surface area contributed by atoms with Crippen LogP contribution >= 0.6 is 0 Å². The molecule has 1 atom stereocenters. The first-order valence-electron chi connectivity index (χ1n) is 6.64. The monoisotopic (exact) mass is 285 g/mol. The highest BCUT2D eigenvalue weighted by atomic mass is 19.1. The van der Waals surface area contributed by atoms with Gasteiger partial charge in [0.25, 0.3) is 0 Å². The molecule has 2 rings (SSSR count). The van der Waals surface area contributed by atoms with E-state index in [1.54, 1.807) is 4.90 Å². The number of likely N-dealkylation sites (N-methyl/N-ethyl adjacent to an activating group) is 1. The fraction of sp³-hybridized carbons (Fsp3) is 0.538. The second-order valence-electron chi connectivity index (χ2n) is 4.84. The van der Waals surface area contributed by atoms with Gasteiger partial charge >= 0.3 is 5.69 Å². The van der Waals surface area contributed by atoms with E-state index in [1.807, 2.05) is 6.92 Å². The molecular formula is C13H17F2N3O2. The first-order chi connectivity index (χ1) is 9.52. The predicted molar refractivity (Wildman–Crippen MR) is 71.9 cm³/mol. The van der Waals surface area contributed by atoms with Gasteiger partial charge in [0.05, 0.1) is 4.92 Å². The first-order valence-corrected chi connectivity index (χ1v) is 6.64. The van der Waals surface area contributed by atoms with Gasteiger partial charge in [0, 0.05) is 31.3 Å². The molecule has 0 bridgehead atoms. The Kier molecular flexibility index (Phi) is 4.49. The lowest BCUT2D eigenvalue weighted by Crippen LogP contribution is -2.38. The number of nitro groups is 1. The zero-order valence-electron chi connectivity index (χ0n) is 11.2. The van der Waals surface area contributed by atoms with Crippen molar-refractivity contribution in [2.24, 2.45) is 0 Å². The van der Waals surface area contributed by atoms with Gasteiger partial charge in [0.15, 0.2) is 0 Å². The van der Waals surface area contributed by atoms with Gasteiger partial charge in [0.2, 0.25) is 5.82 Å². The van der Waals surface area contributed by atoms with E-state index in [0.717, 1.165) is 25.5 Å². The summed E-state index contributed by atoms with van der Waals surface area (Å²) in [6.07, 6.45) is 2.00. The van der Waals surface area contributed by atoms with Crippen LogP contribution in [-0.2, 0) is 0 Å². The van der Waals surface area contributed by atoms with Crippen LogP contribution in [0.15, 0.2) is 12.1 Å². The zero-order valence-corrected chi connectivity index (χ0v) is 11.2. The van der Waals surface area contributed by atoms with E-state index in [9.17, 15) is 18.9 Å². The van der Waals surface area contributed by atoms with Gasteiger partial charge in [-0.15, -0.1) is 0 Å². The van der Waals surface area contributed by atoms with E-state index in [2.05, 4.69) is 5.32 Å². The Labute approximate surface area is 115 Å². The maximum absolute atomic E-state index is 13.6. The van der Waals surface area contributed by atoms with E-state index in [-0.39, 0.29) is 11.7 Å². The number of hydrogen-bond donors (Lipinski definition) is 1. The molecule has 0 spiro atoms. The topological polar surface area (TPSA) is 58.4 Å². The van der Waals surface area contributed by atoms with Crippen molar-refractivity contribution in [1.82, 2.24) is 5.32 Å². The maximum atomic E-state index is 13.6. The standard InChI is InChI=1S/C13H17F2N3O2/c1-2-17(8-10-4-3-5-16-10)12-7-9(14)6-11(15)13(12)18(19)20/h6-7,10,16H,2-5,8H2,1H3. The van der Waals surface area contributed by atoms with Crippen LogP contribution in [0.2, 0.25) is 0 Å². The van der Waals surface area contributed by atoms with Crippen molar-refractivity contribution < 1.29 is 13.7 Å². The smallest absolute Gasteiger partial charge is 0.328 e. The van der Waals surface area contributed by atoms with Gasteiger partial charge in [0.1, 0.15) is 11.5 Å². The van der Waals surface area contributed by atoms with Gasteiger partial charge in [-0.1, -0.05) is 0 Å². The fourth-order valence-corrected chi connectivity index (χ4v) is 2.55. The maximum Gasteiger partial charge on any atom is 0.328 e. The van der Waals surface area contributed by atoms with Gasteiger partial charge in [-0.2, -0.15) is 4.39 Å². The largest absolute Gasteiger partial charge is 0.365 e. The fourth-order valence-electron chi connectivity index (χ4n) is 2.55. The van der Waals surface area contributed by atoms with Crippen molar-refractivity contribution in [2.75, 3.05) is 24.5 Å². The third-order valence-corrected chi connectivity index (χ3v) is 3.52. The summed E-state index contributed by atoms with van der Waals surface area (Å²) in [7, 11) is 0. The SMILES string of the molecule is CCN(CC1CCCN1)c1cc(F)cc(F)c1[N+](=O)[O-]. The molecule has 1 saturated heterocycles. The van der Waals surface area contributed by atoms with Crippen molar-refractivity contribution in [1.29, 1.82) is 0 Å². The molecule has 1 unspecified atom stereocenters. The molecule has 1 aromatic rings. The Bertz CT molecular complexity index is 505. The molecule has 1 fully saturated rings. The van der Waals surface area contributed by atoms with Crippen LogP contribution in [-0.4, -0.2) is 30.6 Å². The van der Waals surface area contributed by atoms with Crippen molar-refractivity contribution in [3.63, 3.8) is 0 Å². The summed E-state index contributed by atoms with van der Waals surface area (Å²) in [5.74, 6) is -1.94. The van der Waals surface area contributed by atoms with Crippen LogP contribution in [0.1, 0.15) is 19.8 Å². The second kappa shape index (κ2) is 6.13. The highest BCUT2D eigenvalue weighted by molar-refractivity contribution is 5.64. The number of nitrogens with one attached hydrogen (secondary N) is 1. The van der Waals surface area contributed by atoms with Gasteiger partial charge in [-0.05, 0) is 26.3 Å². The van der Waals surface area contributed by atoms with Crippen LogP contribution in [0.25, 0.3) is 0 Å². The molecule has 110 valence electrons. The molecule has 1 N–H and O–H groups in total. The quantitative estimate of drug-likeness (QED) is 0.667. The van der Waals surface area contributed by atoms with E-state index >= 15 is 0 Å². The second-order valence-corrected chi connectivity index (χ2v) is 4.84. The average Bonchev–Trinajstić information content (AvgIpc) is 2.87. The van der Waals surface area contributed by atoms with Gasteiger partial charge < -0.3 is 10.2 Å². The molecular weight excluding hydrogens is 268 g/mol. The normalized spacial score (nSPS) is 18.2. The summed E-state index contributed by atoms with van der Waals surface area (Å²) in [5, 5.41) is 14.3. The minimum Gasteiger partial charge on any atom is -0.365 e. The molecule has 7 heteroatoms. The Morgan fingerprint density at radius 3 is 2.80 bits per heavy atom. The summed E-state index contributed by atoms with van der Waals surface area (Å²) in [5.41, 5.74) is -0.657. The average molecular weight is 285 g/mol. The van der Waals surface area contributed by atoms with Crippen LogP contribution in [0, 0.1) is 21.7 Å². The highest BCUT2D eigenvalue weighted by Gasteiger charge is 2.27. The molecule has 1 aromatic carbocycles. The summed E-state index contributed by atoms with van der Waals surface area (Å²) in [6.45, 7) is 3.66. The van der Waals surface area contributed by atoms with Gasteiger partial charge in [-0.25, -0.2) is 4.39 Å². The molecule has 0 aromatic heterocycles. The molecule has 1 aliphatic rings. The summed E-state index contributed by atoms with van der Waals surface area (Å²) < 4.78 is 27.0. The molecule has 0 amide bonds. The van der Waals surface area contributed by atoms with Crippen molar-refractivity contribution in [3.05, 3.63) is 33.9 Å². The lowest BCUT2D eigenvalue weighted by atomic mass is 10.1. The first kappa shape index (κ1) is 14.6. The molecule has 0 aliphatic carbocycles. The molecule has 0 radical (unpaired) electrons. The number of rotatable bonds is 5. The van der Waals surface area contributed by atoms with Crippen molar-refractivity contribution >= 4 is 11.4 Å². The van der Waals surface area contributed by atoms with E-state index in [0.29, 0.717) is 19.2 Å². The minimum absolute atomic E-state index is 0.00343.